The molecule has 1 N–H and O–H groups in total. The number of aromatic nitrogens is 1. The summed E-state index contributed by atoms with van der Waals surface area (Å²) in [5.41, 5.74) is -0.173. The highest BCUT2D eigenvalue weighted by Gasteiger charge is 2.40. The number of ether oxygens (including phenoxy) is 1. The monoisotopic (exact) mass is 408 g/mol. The molecule has 0 radical (unpaired) electrons. The van der Waals surface area contributed by atoms with E-state index in [1.54, 1.807) is 34.1 Å². The van der Waals surface area contributed by atoms with Crippen molar-refractivity contribution >= 4 is 17.5 Å². The lowest BCUT2D eigenvalue weighted by molar-refractivity contribution is -0.367. The fourth-order valence-corrected chi connectivity index (χ4v) is 3.12. The maximum Gasteiger partial charge on any atom is 0.424 e. The van der Waals surface area contributed by atoms with Crippen LogP contribution in [0, 0.1) is 0 Å². The topological polar surface area (TPSA) is 64.0 Å². The molecule has 2 aromatic rings. The van der Waals surface area contributed by atoms with Gasteiger partial charge in [0.1, 0.15) is 24.4 Å². The van der Waals surface area contributed by atoms with E-state index in [0.29, 0.717) is 24.4 Å². The number of carbonyl (C=O) groups is 2. The second-order valence-corrected chi connectivity index (χ2v) is 6.67. The quantitative estimate of drug-likeness (QED) is 0.713. The van der Waals surface area contributed by atoms with E-state index in [0.717, 1.165) is 6.07 Å². The number of pyridine rings is 1. The third kappa shape index (κ3) is 5.04. The number of rotatable bonds is 5. The van der Waals surface area contributed by atoms with Crippen LogP contribution < -0.4 is 14.6 Å². The first-order valence-electron chi connectivity index (χ1n) is 9.10. The molecule has 0 saturated carbocycles. The number of Topliss-reactive ketones (excluding diaryl/α,β-unsaturated/α-hetero) is 1. The summed E-state index contributed by atoms with van der Waals surface area (Å²) in [5.74, 6) is 0.174. The number of nitrogens with one attached hydrogen (secondary N) is 1. The Morgan fingerprint density at radius 1 is 1.07 bits per heavy atom. The van der Waals surface area contributed by atoms with E-state index in [2.05, 4.69) is 4.98 Å². The summed E-state index contributed by atoms with van der Waals surface area (Å²) in [6.07, 6.45) is -3.00. The van der Waals surface area contributed by atoms with Crippen molar-refractivity contribution in [3.05, 3.63) is 53.7 Å². The largest absolute Gasteiger partial charge is 0.484 e. The van der Waals surface area contributed by atoms with Crippen molar-refractivity contribution in [2.24, 2.45) is 0 Å². The van der Waals surface area contributed by atoms with Gasteiger partial charge in [-0.05, 0) is 43.3 Å². The number of nitrogens with zero attached hydrogens (tertiary/aromatic N) is 2. The van der Waals surface area contributed by atoms with E-state index < -0.39 is 11.7 Å². The van der Waals surface area contributed by atoms with Crippen LogP contribution in [0.5, 0.6) is 5.75 Å². The van der Waals surface area contributed by atoms with Gasteiger partial charge in [0.25, 0.3) is 11.7 Å². The predicted molar refractivity (Wildman–Crippen MR) is 98.7 cm³/mol. The smallest absolute Gasteiger partial charge is 0.424 e. The molecule has 2 heterocycles. The highest BCUT2D eigenvalue weighted by Crippen LogP contribution is 2.34. The summed E-state index contributed by atoms with van der Waals surface area (Å²) in [4.78, 5) is 29.4. The number of halogens is 3. The minimum Gasteiger partial charge on any atom is -0.484 e. The van der Waals surface area contributed by atoms with E-state index >= 15 is 0 Å². The normalized spacial score (nSPS) is 14.6. The van der Waals surface area contributed by atoms with Crippen LogP contribution in [-0.4, -0.2) is 49.4 Å². The molecule has 1 amide bonds. The number of aromatic amines is 1. The van der Waals surface area contributed by atoms with Crippen molar-refractivity contribution in [2.45, 2.75) is 13.1 Å². The molecule has 0 bridgehead atoms. The van der Waals surface area contributed by atoms with Gasteiger partial charge in [-0.25, -0.2) is 4.98 Å². The van der Waals surface area contributed by atoms with E-state index in [1.807, 2.05) is 0 Å². The van der Waals surface area contributed by atoms with Crippen LogP contribution in [0.25, 0.3) is 0 Å². The van der Waals surface area contributed by atoms with Crippen LogP contribution in [0.3, 0.4) is 0 Å². The third-order valence-electron chi connectivity index (χ3n) is 4.71. The van der Waals surface area contributed by atoms with Gasteiger partial charge < -0.3 is 9.64 Å². The number of hydrogen-bond donors (Lipinski definition) is 0. The van der Waals surface area contributed by atoms with E-state index in [-0.39, 0.29) is 37.2 Å². The zero-order chi connectivity index (χ0) is 21.0. The minimum absolute atomic E-state index is 0.00825. The second kappa shape index (κ2) is 8.50. The first-order chi connectivity index (χ1) is 13.8. The molecular formula is C20H21F3N3O3+. The number of carbonyl (C=O) groups excluding carboxylic acids is 2. The number of ketones is 1. The van der Waals surface area contributed by atoms with Gasteiger partial charge in [0, 0.05) is 5.56 Å². The highest BCUT2D eigenvalue weighted by atomic mass is 19.4. The molecule has 29 heavy (non-hydrogen) atoms. The Morgan fingerprint density at radius 3 is 2.31 bits per heavy atom. The third-order valence-corrected chi connectivity index (χ3v) is 4.71. The fraction of sp³-hybridized carbons (Fsp3) is 0.350. The first-order valence-corrected chi connectivity index (χ1v) is 9.10. The average Bonchev–Trinajstić information content (AvgIpc) is 2.72. The molecule has 1 aromatic carbocycles. The Morgan fingerprint density at radius 2 is 1.72 bits per heavy atom. The Balaban J connectivity index is 1.54. The second-order valence-electron chi connectivity index (χ2n) is 6.67. The number of amides is 1. The van der Waals surface area contributed by atoms with Crippen molar-refractivity contribution in [3.63, 3.8) is 0 Å². The zero-order valence-corrected chi connectivity index (χ0v) is 15.8. The van der Waals surface area contributed by atoms with Crippen LogP contribution in [0.2, 0.25) is 0 Å². The van der Waals surface area contributed by atoms with Gasteiger partial charge in [-0.1, -0.05) is 0 Å². The van der Waals surface area contributed by atoms with Crippen LogP contribution in [0.1, 0.15) is 22.8 Å². The van der Waals surface area contributed by atoms with Crippen LogP contribution >= 0.6 is 0 Å². The lowest BCUT2D eigenvalue weighted by Crippen LogP contribution is -2.51. The molecule has 0 atom stereocenters. The molecule has 3 rings (SSSR count). The summed E-state index contributed by atoms with van der Waals surface area (Å²) in [6, 6.07) is 8.82. The van der Waals surface area contributed by atoms with Crippen LogP contribution in [-0.2, 0) is 11.0 Å². The molecule has 0 spiro atoms. The van der Waals surface area contributed by atoms with E-state index in [9.17, 15) is 22.8 Å². The van der Waals surface area contributed by atoms with Gasteiger partial charge in [-0.2, -0.15) is 13.2 Å². The Bertz CT molecular complexity index is 877. The summed E-state index contributed by atoms with van der Waals surface area (Å²) >= 11 is 0. The molecule has 1 aliphatic rings. The molecular weight excluding hydrogens is 387 g/mol. The number of benzene rings is 1. The van der Waals surface area contributed by atoms with Crippen molar-refractivity contribution in [3.8, 4) is 5.75 Å². The highest BCUT2D eigenvalue weighted by molar-refractivity contribution is 5.94. The Hall–Kier alpha value is -3.10. The fourth-order valence-electron chi connectivity index (χ4n) is 3.12. The van der Waals surface area contributed by atoms with Crippen molar-refractivity contribution < 1.29 is 32.5 Å². The molecule has 1 aliphatic heterocycles. The van der Waals surface area contributed by atoms with Gasteiger partial charge >= 0.3 is 6.18 Å². The molecule has 1 aromatic heterocycles. The molecule has 1 saturated heterocycles. The number of alkyl halides is 3. The van der Waals surface area contributed by atoms with Gasteiger partial charge in [-0.15, -0.1) is 0 Å². The minimum atomic E-state index is -4.45. The molecule has 0 aliphatic carbocycles. The average molecular weight is 408 g/mol. The Kier molecular flexibility index (Phi) is 6.05. The van der Waals surface area contributed by atoms with Gasteiger partial charge in [0.05, 0.1) is 19.3 Å². The zero-order valence-electron chi connectivity index (χ0n) is 15.8. The van der Waals surface area contributed by atoms with Crippen molar-refractivity contribution in [1.82, 2.24) is 4.90 Å². The van der Waals surface area contributed by atoms with Crippen LogP contribution in [0.4, 0.5) is 19.0 Å². The molecule has 0 unspecified atom stereocenters. The SMILES string of the molecule is CC(=O)c1ccc(OCC(=O)N2CCN(c3[nH+]cccc3C(F)(F)F)CC2)cc1. The summed E-state index contributed by atoms with van der Waals surface area (Å²) in [7, 11) is 0. The van der Waals surface area contributed by atoms with Gasteiger partial charge in [0.2, 0.25) is 0 Å². The number of H-pyrrole nitrogens is 1. The standard InChI is InChI=1S/C20H20F3N3O3/c1-14(27)15-4-6-16(7-5-15)29-13-18(28)25-9-11-26(12-10-25)19-17(20(21,22)23)3-2-8-24-19/h2-8H,9-13H2,1H3/p+1. The maximum absolute atomic E-state index is 13.2. The Labute approximate surface area is 165 Å². The first kappa shape index (κ1) is 20.6. The number of hydrogen-bond acceptors (Lipinski definition) is 4. The molecule has 154 valence electrons. The summed E-state index contributed by atoms with van der Waals surface area (Å²) in [5, 5.41) is 0. The molecule has 1 fully saturated rings. The van der Waals surface area contributed by atoms with Crippen molar-refractivity contribution in [1.29, 1.82) is 0 Å². The lowest BCUT2D eigenvalue weighted by atomic mass is 10.1. The maximum atomic E-state index is 13.2. The van der Waals surface area contributed by atoms with Crippen molar-refractivity contribution in [2.75, 3.05) is 37.7 Å². The predicted octanol–water partition coefficient (Wildman–Crippen LogP) is 2.45. The molecule has 6 nitrogen and oxygen atoms in total. The molecule has 9 heteroatoms. The lowest BCUT2D eigenvalue weighted by Gasteiger charge is -2.31. The van der Waals surface area contributed by atoms with E-state index in [4.69, 9.17) is 4.74 Å². The number of piperazine rings is 1. The summed E-state index contributed by atoms with van der Waals surface area (Å²) < 4.78 is 45.0. The van der Waals surface area contributed by atoms with Gasteiger partial charge in [-0.3, -0.25) is 14.5 Å². The van der Waals surface area contributed by atoms with Gasteiger partial charge in [0.15, 0.2) is 12.4 Å². The van der Waals surface area contributed by atoms with E-state index in [1.165, 1.54) is 19.2 Å². The summed E-state index contributed by atoms with van der Waals surface area (Å²) in [6.45, 7) is 2.44. The number of anilines is 1. The van der Waals surface area contributed by atoms with Crippen LogP contribution in [0.15, 0.2) is 42.6 Å².